The summed E-state index contributed by atoms with van der Waals surface area (Å²) in [7, 11) is 0. The molecule has 1 unspecified atom stereocenters. The van der Waals surface area contributed by atoms with Gasteiger partial charge in [-0.25, -0.2) is 9.82 Å². The van der Waals surface area contributed by atoms with Gasteiger partial charge in [0.1, 0.15) is 5.82 Å². The van der Waals surface area contributed by atoms with E-state index in [9.17, 15) is 4.39 Å². The van der Waals surface area contributed by atoms with E-state index in [0.717, 1.165) is 28.1 Å². The lowest BCUT2D eigenvalue weighted by Gasteiger charge is -2.16. The molecular formula is C12H15FN4S. The molecular weight excluding hydrogens is 251 g/mol. The Morgan fingerprint density at radius 3 is 2.83 bits per heavy atom. The van der Waals surface area contributed by atoms with Crippen LogP contribution in [0.15, 0.2) is 18.2 Å². The summed E-state index contributed by atoms with van der Waals surface area (Å²) in [6.07, 6.45) is 0.776. The van der Waals surface area contributed by atoms with Gasteiger partial charge in [-0.2, -0.15) is 0 Å². The Labute approximate surface area is 109 Å². The summed E-state index contributed by atoms with van der Waals surface area (Å²) < 4.78 is 17.4. The van der Waals surface area contributed by atoms with Crippen LogP contribution in [0.3, 0.4) is 0 Å². The number of rotatable bonds is 4. The zero-order valence-electron chi connectivity index (χ0n) is 10.3. The van der Waals surface area contributed by atoms with Crippen molar-refractivity contribution in [3.63, 3.8) is 0 Å². The van der Waals surface area contributed by atoms with Gasteiger partial charge >= 0.3 is 0 Å². The summed E-state index contributed by atoms with van der Waals surface area (Å²) in [6.45, 7) is 3.86. The second kappa shape index (κ2) is 5.51. The van der Waals surface area contributed by atoms with Crippen molar-refractivity contribution in [2.45, 2.75) is 26.3 Å². The van der Waals surface area contributed by atoms with E-state index < -0.39 is 0 Å². The van der Waals surface area contributed by atoms with Gasteiger partial charge in [-0.15, -0.1) is 5.10 Å². The fourth-order valence-electron chi connectivity index (χ4n) is 1.93. The quantitative estimate of drug-likeness (QED) is 0.657. The monoisotopic (exact) mass is 266 g/mol. The lowest BCUT2D eigenvalue weighted by atomic mass is 10.0. The summed E-state index contributed by atoms with van der Waals surface area (Å²) in [5.74, 6) is 5.34. The van der Waals surface area contributed by atoms with E-state index in [2.05, 4.69) is 15.0 Å². The molecule has 4 nitrogen and oxygen atoms in total. The van der Waals surface area contributed by atoms with Crippen LogP contribution >= 0.6 is 11.5 Å². The normalized spacial score (nSPS) is 12.7. The molecule has 0 aliphatic rings. The Bertz CT molecular complexity index is 520. The predicted molar refractivity (Wildman–Crippen MR) is 69.6 cm³/mol. The van der Waals surface area contributed by atoms with Crippen LogP contribution in [0.1, 0.15) is 34.7 Å². The Kier molecular flexibility index (Phi) is 4.00. The highest BCUT2D eigenvalue weighted by Crippen LogP contribution is 2.27. The molecule has 1 heterocycles. The number of nitrogens with two attached hydrogens (primary N) is 1. The van der Waals surface area contributed by atoms with Crippen LogP contribution in [0.25, 0.3) is 0 Å². The molecule has 2 aromatic rings. The Morgan fingerprint density at radius 2 is 2.22 bits per heavy atom. The molecule has 2 rings (SSSR count). The minimum atomic E-state index is -0.269. The standard InChI is InChI=1S/C12H15FN4S/c1-3-10-12(18-17-16-10)11(15-14)8-4-7(2)5-9(13)6-8/h4-6,11,15H,3,14H2,1-2H3. The van der Waals surface area contributed by atoms with Crippen molar-refractivity contribution in [2.24, 2.45) is 5.84 Å². The molecule has 0 fully saturated rings. The van der Waals surface area contributed by atoms with Gasteiger partial charge in [-0.05, 0) is 48.1 Å². The first-order chi connectivity index (χ1) is 8.65. The molecule has 0 saturated carbocycles. The van der Waals surface area contributed by atoms with Crippen LogP contribution in [-0.4, -0.2) is 9.59 Å². The van der Waals surface area contributed by atoms with E-state index in [1.807, 2.05) is 19.9 Å². The van der Waals surface area contributed by atoms with Gasteiger partial charge in [0, 0.05) is 0 Å². The van der Waals surface area contributed by atoms with Crippen LogP contribution in [0.2, 0.25) is 0 Å². The SMILES string of the molecule is CCc1nnsc1C(NN)c1cc(C)cc(F)c1. The van der Waals surface area contributed by atoms with Crippen LogP contribution < -0.4 is 11.3 Å². The van der Waals surface area contributed by atoms with Crippen LogP contribution in [0, 0.1) is 12.7 Å². The van der Waals surface area contributed by atoms with Gasteiger partial charge in [-0.3, -0.25) is 5.84 Å². The molecule has 0 amide bonds. The molecule has 1 aromatic heterocycles. The second-order valence-corrected chi connectivity index (χ2v) is 4.88. The number of nitrogens with zero attached hydrogens (tertiary/aromatic N) is 2. The predicted octanol–water partition coefficient (Wildman–Crippen LogP) is 2.10. The topological polar surface area (TPSA) is 63.8 Å². The molecule has 1 atom stereocenters. The van der Waals surface area contributed by atoms with Gasteiger partial charge in [0.2, 0.25) is 0 Å². The maximum Gasteiger partial charge on any atom is 0.123 e. The number of nitrogens with one attached hydrogen (secondary N) is 1. The van der Waals surface area contributed by atoms with Crippen molar-refractivity contribution in [1.82, 2.24) is 15.0 Å². The molecule has 18 heavy (non-hydrogen) atoms. The number of aryl methyl sites for hydroxylation is 2. The molecule has 0 saturated heterocycles. The summed E-state index contributed by atoms with van der Waals surface area (Å²) in [5.41, 5.74) is 5.26. The Hall–Kier alpha value is -1.37. The number of halogens is 1. The van der Waals surface area contributed by atoms with Crippen LogP contribution in [-0.2, 0) is 6.42 Å². The fraction of sp³-hybridized carbons (Fsp3) is 0.333. The van der Waals surface area contributed by atoms with E-state index in [4.69, 9.17) is 5.84 Å². The first kappa shape index (κ1) is 13.1. The van der Waals surface area contributed by atoms with E-state index in [1.165, 1.54) is 23.7 Å². The molecule has 6 heteroatoms. The maximum absolute atomic E-state index is 13.5. The third kappa shape index (κ3) is 2.55. The highest BCUT2D eigenvalue weighted by atomic mass is 32.1. The van der Waals surface area contributed by atoms with Gasteiger partial charge in [0.25, 0.3) is 0 Å². The summed E-state index contributed by atoms with van der Waals surface area (Å²) in [6, 6.07) is 4.61. The fourth-order valence-corrected chi connectivity index (χ4v) is 2.76. The van der Waals surface area contributed by atoms with Crippen molar-refractivity contribution >= 4 is 11.5 Å². The maximum atomic E-state index is 13.5. The minimum absolute atomic E-state index is 0.263. The number of hydrogen-bond donors (Lipinski definition) is 2. The van der Waals surface area contributed by atoms with Crippen molar-refractivity contribution < 1.29 is 4.39 Å². The van der Waals surface area contributed by atoms with Crippen molar-refractivity contribution in [2.75, 3.05) is 0 Å². The molecule has 1 aromatic carbocycles. The van der Waals surface area contributed by atoms with Crippen LogP contribution in [0.5, 0.6) is 0 Å². The van der Waals surface area contributed by atoms with Gasteiger partial charge in [-0.1, -0.05) is 17.5 Å². The number of hydrazine groups is 1. The van der Waals surface area contributed by atoms with Gasteiger partial charge < -0.3 is 0 Å². The summed E-state index contributed by atoms with van der Waals surface area (Å²) >= 11 is 1.29. The molecule has 0 aliphatic carbocycles. The van der Waals surface area contributed by atoms with Crippen molar-refractivity contribution in [3.05, 3.63) is 45.7 Å². The third-order valence-corrected chi connectivity index (χ3v) is 3.58. The molecule has 3 N–H and O–H groups in total. The average Bonchev–Trinajstić information content (AvgIpc) is 2.77. The Morgan fingerprint density at radius 1 is 1.44 bits per heavy atom. The minimum Gasteiger partial charge on any atom is -0.271 e. The van der Waals surface area contributed by atoms with Crippen molar-refractivity contribution in [1.29, 1.82) is 0 Å². The lowest BCUT2D eigenvalue weighted by Crippen LogP contribution is -2.29. The van der Waals surface area contributed by atoms with E-state index in [-0.39, 0.29) is 11.9 Å². The first-order valence-corrected chi connectivity index (χ1v) is 6.47. The second-order valence-electron chi connectivity index (χ2n) is 4.10. The largest absolute Gasteiger partial charge is 0.271 e. The van der Waals surface area contributed by atoms with Crippen LogP contribution in [0.4, 0.5) is 4.39 Å². The summed E-state index contributed by atoms with van der Waals surface area (Å²) in [5, 5.41) is 4.05. The average molecular weight is 266 g/mol. The molecule has 0 aliphatic heterocycles. The highest BCUT2D eigenvalue weighted by Gasteiger charge is 2.20. The molecule has 0 bridgehead atoms. The van der Waals surface area contributed by atoms with Crippen molar-refractivity contribution in [3.8, 4) is 0 Å². The number of benzene rings is 1. The smallest absolute Gasteiger partial charge is 0.123 e. The molecule has 96 valence electrons. The third-order valence-electron chi connectivity index (χ3n) is 2.75. The lowest BCUT2D eigenvalue weighted by molar-refractivity contribution is 0.605. The molecule has 0 spiro atoms. The van der Waals surface area contributed by atoms with E-state index in [1.54, 1.807) is 0 Å². The number of hydrogen-bond acceptors (Lipinski definition) is 5. The van der Waals surface area contributed by atoms with Gasteiger partial charge in [0.05, 0.1) is 16.6 Å². The zero-order valence-corrected chi connectivity index (χ0v) is 11.1. The zero-order chi connectivity index (χ0) is 13.1. The van der Waals surface area contributed by atoms with E-state index >= 15 is 0 Å². The van der Waals surface area contributed by atoms with Gasteiger partial charge in [0.15, 0.2) is 0 Å². The Balaban J connectivity index is 2.45. The van der Waals surface area contributed by atoms with E-state index in [0.29, 0.717) is 0 Å². The number of aromatic nitrogens is 2. The first-order valence-electron chi connectivity index (χ1n) is 5.70. The summed E-state index contributed by atoms with van der Waals surface area (Å²) in [4.78, 5) is 0.935. The highest BCUT2D eigenvalue weighted by molar-refractivity contribution is 7.05. The molecule has 0 radical (unpaired) electrons.